The van der Waals surface area contributed by atoms with Crippen LogP contribution in [0.25, 0.3) is 11.3 Å². The molecule has 1 fully saturated rings. The lowest BCUT2D eigenvalue weighted by atomic mass is 10.1. The molecule has 1 aliphatic rings. The normalized spacial score (nSPS) is 15.2. The quantitative estimate of drug-likeness (QED) is 0.411. The first-order chi connectivity index (χ1) is 15.5. The lowest BCUT2D eigenvalue weighted by Crippen LogP contribution is -2.33. The van der Waals surface area contributed by atoms with Gasteiger partial charge < -0.3 is 25.2 Å². The molecule has 0 bridgehead atoms. The molecule has 2 aromatic carbocycles. The molecule has 0 saturated carbocycles. The molecular formula is C22H19FN4O5. The van der Waals surface area contributed by atoms with Crippen LogP contribution in [0.3, 0.4) is 0 Å². The molecule has 32 heavy (non-hydrogen) atoms. The molecule has 1 saturated heterocycles. The van der Waals surface area contributed by atoms with Crippen molar-refractivity contribution >= 4 is 29.3 Å². The lowest BCUT2D eigenvalue weighted by Gasteiger charge is -2.08. The van der Waals surface area contributed by atoms with Gasteiger partial charge in [0.1, 0.15) is 17.6 Å². The van der Waals surface area contributed by atoms with Crippen molar-refractivity contribution in [2.24, 2.45) is 0 Å². The Labute approximate surface area is 181 Å². The van der Waals surface area contributed by atoms with Crippen LogP contribution in [0.15, 0.2) is 59.1 Å². The number of hydrogen-bond donors (Lipinski definition) is 3. The number of carbonyl (C=O) groups is 3. The second kappa shape index (κ2) is 9.40. The predicted molar refractivity (Wildman–Crippen MR) is 112 cm³/mol. The fourth-order valence-electron chi connectivity index (χ4n) is 3.18. The third kappa shape index (κ3) is 4.98. The van der Waals surface area contributed by atoms with E-state index in [-0.39, 0.29) is 11.4 Å². The van der Waals surface area contributed by atoms with Crippen molar-refractivity contribution in [3.63, 3.8) is 0 Å². The zero-order chi connectivity index (χ0) is 22.5. The van der Waals surface area contributed by atoms with Gasteiger partial charge in [0.25, 0.3) is 0 Å². The van der Waals surface area contributed by atoms with Gasteiger partial charge in [-0.1, -0.05) is 29.4 Å². The molecule has 2 amide bonds. The van der Waals surface area contributed by atoms with Crippen LogP contribution in [0.4, 0.5) is 20.6 Å². The summed E-state index contributed by atoms with van der Waals surface area (Å²) < 4.78 is 23.5. The minimum Gasteiger partial charge on any atom is -0.386 e. The van der Waals surface area contributed by atoms with Gasteiger partial charge in [-0.3, -0.25) is 0 Å². The van der Waals surface area contributed by atoms with E-state index in [1.807, 2.05) is 0 Å². The summed E-state index contributed by atoms with van der Waals surface area (Å²) in [4.78, 5) is 36.1. The Morgan fingerprint density at radius 2 is 1.88 bits per heavy atom. The molecule has 0 aliphatic carbocycles. The number of ether oxygens (including phenoxy) is 1. The first kappa shape index (κ1) is 21.2. The van der Waals surface area contributed by atoms with Gasteiger partial charge in [0.15, 0.2) is 0 Å². The Balaban J connectivity index is 1.35. The number of benzene rings is 2. The number of amides is 2. The average molecular weight is 438 g/mol. The number of esters is 2. The topological polar surface area (TPSA) is 123 Å². The van der Waals surface area contributed by atoms with Gasteiger partial charge >= 0.3 is 18.0 Å². The number of aromatic nitrogens is 1. The minimum absolute atomic E-state index is 0.0610. The highest BCUT2D eigenvalue weighted by Crippen LogP contribution is 2.22. The number of para-hydroxylation sites is 1. The van der Waals surface area contributed by atoms with Gasteiger partial charge in [0.2, 0.25) is 5.76 Å². The zero-order valence-electron chi connectivity index (χ0n) is 16.8. The minimum atomic E-state index is -0.912. The van der Waals surface area contributed by atoms with Gasteiger partial charge in [-0.05, 0) is 43.7 Å². The van der Waals surface area contributed by atoms with Gasteiger partial charge in [-0.15, -0.1) is 0 Å². The Morgan fingerprint density at radius 1 is 1.09 bits per heavy atom. The van der Waals surface area contributed by atoms with E-state index in [1.54, 1.807) is 30.3 Å². The molecular weight excluding hydrogens is 419 g/mol. The second-order valence-corrected chi connectivity index (χ2v) is 7.07. The molecule has 3 N–H and O–H groups in total. The summed E-state index contributed by atoms with van der Waals surface area (Å²) in [5, 5.41) is 11.8. The third-order valence-corrected chi connectivity index (χ3v) is 4.81. The van der Waals surface area contributed by atoms with Crippen molar-refractivity contribution in [1.29, 1.82) is 0 Å². The van der Waals surface area contributed by atoms with Crippen molar-refractivity contribution in [3.8, 4) is 11.3 Å². The van der Waals surface area contributed by atoms with Crippen LogP contribution in [-0.2, 0) is 9.53 Å². The maximum atomic E-state index is 13.6. The van der Waals surface area contributed by atoms with E-state index >= 15 is 0 Å². The van der Waals surface area contributed by atoms with Gasteiger partial charge in [-0.25, -0.2) is 18.8 Å². The van der Waals surface area contributed by atoms with Crippen LogP contribution in [0.5, 0.6) is 0 Å². The van der Waals surface area contributed by atoms with E-state index in [2.05, 4.69) is 21.1 Å². The number of urea groups is 1. The maximum Gasteiger partial charge on any atom is 0.384 e. The van der Waals surface area contributed by atoms with Gasteiger partial charge in [0, 0.05) is 17.3 Å². The summed E-state index contributed by atoms with van der Waals surface area (Å²) in [7, 11) is 0. The van der Waals surface area contributed by atoms with Crippen molar-refractivity contribution < 1.29 is 28.0 Å². The van der Waals surface area contributed by atoms with Crippen LogP contribution in [0.1, 0.15) is 23.4 Å². The van der Waals surface area contributed by atoms with Crippen molar-refractivity contribution in [1.82, 2.24) is 10.5 Å². The number of anilines is 2. The number of hydrogen-bond acceptors (Lipinski definition) is 7. The first-order valence-electron chi connectivity index (χ1n) is 9.89. The summed E-state index contributed by atoms with van der Waals surface area (Å²) in [6.07, 6.45) is 1.46. The molecule has 10 heteroatoms. The molecule has 1 atom stereocenters. The summed E-state index contributed by atoms with van der Waals surface area (Å²) in [6.45, 7) is 0.704. The van der Waals surface area contributed by atoms with E-state index in [0.29, 0.717) is 29.9 Å². The molecule has 2 heterocycles. The second-order valence-electron chi connectivity index (χ2n) is 7.07. The van der Waals surface area contributed by atoms with Crippen LogP contribution >= 0.6 is 0 Å². The largest absolute Gasteiger partial charge is 0.386 e. The fourth-order valence-corrected chi connectivity index (χ4v) is 3.18. The zero-order valence-corrected chi connectivity index (χ0v) is 16.8. The Bertz CT molecular complexity index is 1140. The molecule has 3 aromatic rings. The van der Waals surface area contributed by atoms with Gasteiger partial charge in [-0.2, -0.15) is 0 Å². The number of carbonyl (C=O) groups excluding carboxylic acids is 3. The molecule has 1 aliphatic heterocycles. The average Bonchev–Trinajstić information content (AvgIpc) is 3.48. The number of halogens is 1. The lowest BCUT2D eigenvalue weighted by molar-refractivity contribution is -0.140. The van der Waals surface area contributed by atoms with Crippen molar-refractivity contribution in [3.05, 3.63) is 66.2 Å². The van der Waals surface area contributed by atoms with Crippen LogP contribution in [-0.4, -0.2) is 35.7 Å². The Morgan fingerprint density at radius 3 is 2.59 bits per heavy atom. The number of nitrogens with zero attached hydrogens (tertiary/aromatic N) is 1. The standard InChI is InChI=1S/C22H19FN4O5/c23-15-4-1-2-5-16(15)26-22(30)25-14-9-7-13(8-10-14)18-12-19(32-27-18)21(29)31-20(28)17-6-3-11-24-17/h1-2,4-5,7-10,12,17,24H,3,6,11H2,(H2,25,26,30). The number of rotatable bonds is 5. The molecule has 1 aromatic heterocycles. The first-order valence-corrected chi connectivity index (χ1v) is 9.89. The van der Waals surface area contributed by atoms with E-state index in [9.17, 15) is 18.8 Å². The highest BCUT2D eigenvalue weighted by atomic mass is 19.1. The maximum absolute atomic E-state index is 13.6. The van der Waals surface area contributed by atoms with Crippen LogP contribution in [0, 0.1) is 5.82 Å². The van der Waals surface area contributed by atoms with Crippen LogP contribution < -0.4 is 16.0 Å². The van der Waals surface area contributed by atoms with E-state index < -0.39 is 29.8 Å². The fraction of sp³-hybridized carbons (Fsp3) is 0.182. The molecule has 1 unspecified atom stereocenters. The summed E-state index contributed by atoms with van der Waals surface area (Å²) >= 11 is 0. The van der Waals surface area contributed by atoms with E-state index in [0.717, 1.165) is 6.42 Å². The Kier molecular flexibility index (Phi) is 6.22. The summed E-state index contributed by atoms with van der Waals surface area (Å²) in [5.41, 5.74) is 1.48. The molecule has 164 valence electrons. The third-order valence-electron chi connectivity index (χ3n) is 4.81. The van der Waals surface area contributed by atoms with Crippen LogP contribution in [0.2, 0.25) is 0 Å². The molecule has 4 rings (SSSR count). The summed E-state index contributed by atoms with van der Waals surface area (Å²) in [5.74, 6) is -2.29. The number of nitrogens with one attached hydrogen (secondary N) is 3. The SMILES string of the molecule is O=C(Nc1ccc(-c2cc(C(=O)OC(=O)C3CCCN3)on2)cc1)Nc1ccccc1F. The van der Waals surface area contributed by atoms with Crippen molar-refractivity contribution in [2.75, 3.05) is 17.2 Å². The van der Waals surface area contributed by atoms with Crippen molar-refractivity contribution in [2.45, 2.75) is 18.9 Å². The van der Waals surface area contributed by atoms with E-state index in [1.165, 1.54) is 24.3 Å². The predicted octanol–water partition coefficient (Wildman–Crippen LogP) is 3.56. The smallest absolute Gasteiger partial charge is 0.384 e. The van der Waals surface area contributed by atoms with E-state index in [4.69, 9.17) is 9.26 Å². The summed E-state index contributed by atoms with van der Waals surface area (Å²) in [6, 6.07) is 12.6. The Hall–Kier alpha value is -4.05. The molecule has 0 radical (unpaired) electrons. The highest BCUT2D eigenvalue weighted by Gasteiger charge is 2.27. The molecule has 0 spiro atoms. The van der Waals surface area contributed by atoms with Gasteiger partial charge in [0.05, 0.1) is 5.69 Å². The monoisotopic (exact) mass is 438 g/mol. The molecule has 9 nitrogen and oxygen atoms in total. The highest BCUT2D eigenvalue weighted by molar-refractivity contribution is 6.00.